The number of halogens is 2. The van der Waals surface area contributed by atoms with Gasteiger partial charge in [0.25, 0.3) is 11.4 Å². The van der Waals surface area contributed by atoms with Crippen LogP contribution in [0.3, 0.4) is 0 Å². The number of nitro benzene ring substituents is 2. The zero-order valence-electron chi connectivity index (χ0n) is 30.7. The molecule has 0 fully saturated rings. The monoisotopic (exact) mass is 944 g/mol. The van der Waals surface area contributed by atoms with Gasteiger partial charge in [-0.05, 0) is 44.7 Å². The van der Waals surface area contributed by atoms with Crippen molar-refractivity contribution in [1.29, 1.82) is 0 Å². The number of alkyl halides is 1. The number of nitro groups is 2. The second kappa shape index (κ2) is 24.6. The molecule has 0 radical (unpaired) electrons. The molecule has 2 atom stereocenters. The van der Waals surface area contributed by atoms with Crippen LogP contribution in [0.1, 0.15) is 56.6 Å². The standard InChI is InChI=1S/C17H15N3O2S.C15H19BrN2O5.C7H7NS.CH4.BrH/c18-15(10-12-6-8-14(9-7-12)20(21)22)16-11-23-17(19-16)13-4-2-1-3-5-13;1-15(2,3)23-14(20)17-12(13(19)9-16)8-10-4-6-11(7-5-10)18(21)22;8-7(9)6-4-2-1-3-5-6;;/h1-9,11,15H,10,18H2;4-7,12H,8-9H2,1-3H3,(H,17,20);1-5H,(H2,8,9);1H4;1H/t15-;12-;;;/m00.../s1. The number of non-ortho nitro benzene ring substituents is 2. The molecule has 0 aliphatic carbocycles. The summed E-state index contributed by atoms with van der Waals surface area (Å²) in [6.45, 7) is 5.18. The summed E-state index contributed by atoms with van der Waals surface area (Å²) in [4.78, 5) is 49.3. The second-order valence-corrected chi connectivity index (χ2v) is 14.7. The predicted octanol–water partition coefficient (Wildman–Crippen LogP) is 9.49. The third-order valence-corrected chi connectivity index (χ3v) is 9.08. The zero-order valence-corrected chi connectivity index (χ0v) is 35.6. The van der Waals surface area contributed by atoms with Crippen LogP contribution in [0.5, 0.6) is 0 Å². The Morgan fingerprint density at radius 3 is 1.75 bits per heavy atom. The zero-order chi connectivity index (χ0) is 40.5. The molecular formula is C40H46Br2N6O7S2. The highest BCUT2D eigenvalue weighted by Crippen LogP contribution is 2.27. The highest BCUT2D eigenvalue weighted by molar-refractivity contribution is 9.09. The molecule has 17 heteroatoms. The molecule has 13 nitrogen and oxygen atoms in total. The van der Waals surface area contributed by atoms with Crippen LogP contribution in [0, 0.1) is 20.2 Å². The van der Waals surface area contributed by atoms with Crippen molar-refractivity contribution < 1.29 is 24.2 Å². The van der Waals surface area contributed by atoms with Gasteiger partial charge in [-0.25, -0.2) is 9.78 Å². The minimum atomic E-state index is -0.773. The number of nitrogens with one attached hydrogen (secondary N) is 1. The topological polar surface area (TPSA) is 207 Å². The molecule has 5 rings (SSSR count). The number of amides is 1. The molecule has 0 aliphatic rings. The van der Waals surface area contributed by atoms with Crippen LogP contribution >= 0.6 is 56.5 Å². The number of thiocarbonyl (C=S) groups is 1. The quantitative estimate of drug-likeness (QED) is 0.0465. The van der Waals surface area contributed by atoms with Gasteiger partial charge in [0.05, 0.1) is 33.0 Å². The van der Waals surface area contributed by atoms with E-state index in [9.17, 15) is 29.8 Å². The number of ether oxygens (including phenoxy) is 1. The Hall–Kier alpha value is -4.94. The predicted molar refractivity (Wildman–Crippen MR) is 239 cm³/mol. The smallest absolute Gasteiger partial charge is 0.408 e. The first-order chi connectivity index (χ1) is 26.1. The summed E-state index contributed by atoms with van der Waals surface area (Å²) in [5.41, 5.74) is 15.5. The number of ketones is 1. The summed E-state index contributed by atoms with van der Waals surface area (Å²) in [7, 11) is 0. The molecule has 0 unspecified atom stereocenters. The number of Topliss-reactive ketones (excluding diaryl/α,β-unsaturated/α-hetero) is 1. The van der Waals surface area contributed by atoms with E-state index in [0.29, 0.717) is 17.0 Å². The van der Waals surface area contributed by atoms with E-state index in [0.717, 1.165) is 27.4 Å². The highest BCUT2D eigenvalue weighted by Gasteiger charge is 2.24. The number of thiazole rings is 1. The summed E-state index contributed by atoms with van der Waals surface area (Å²) in [6.07, 6.45) is 0.135. The number of carbonyl (C=O) groups is 2. The first-order valence-electron chi connectivity index (χ1n) is 16.7. The van der Waals surface area contributed by atoms with Crippen LogP contribution < -0.4 is 16.8 Å². The number of benzene rings is 4. The molecule has 0 aliphatic heterocycles. The first kappa shape index (κ1) is 50.1. The minimum absolute atomic E-state index is 0. The van der Waals surface area contributed by atoms with Crippen molar-refractivity contribution in [1.82, 2.24) is 10.3 Å². The average molecular weight is 947 g/mol. The first-order valence-corrected chi connectivity index (χ1v) is 19.1. The molecule has 0 bridgehead atoms. The van der Waals surface area contributed by atoms with Crippen molar-refractivity contribution in [3.8, 4) is 10.6 Å². The summed E-state index contributed by atoms with van der Waals surface area (Å²) in [6, 6.07) is 30.8. The van der Waals surface area contributed by atoms with Crippen molar-refractivity contribution >= 4 is 84.7 Å². The SMILES string of the molecule is Br.C.CC(C)(C)OC(=O)N[C@@H](Cc1ccc([N+](=O)[O-])cc1)C(=O)CBr.NC(=S)c1ccccc1.N[C@@H](Cc1ccc([N+](=O)[O-])cc1)c1csc(-c2ccccc2)n1. The van der Waals surface area contributed by atoms with Gasteiger partial charge in [-0.2, -0.15) is 0 Å². The number of nitrogens with two attached hydrogens (primary N) is 2. The second-order valence-electron chi connectivity index (χ2n) is 12.8. The summed E-state index contributed by atoms with van der Waals surface area (Å²) >= 11 is 9.39. The maximum Gasteiger partial charge on any atom is 0.408 e. The van der Waals surface area contributed by atoms with Crippen molar-refractivity contribution in [2.75, 3.05) is 5.33 Å². The van der Waals surface area contributed by atoms with E-state index in [1.54, 1.807) is 56.4 Å². The van der Waals surface area contributed by atoms with Gasteiger partial charge in [-0.1, -0.05) is 121 Å². The van der Waals surface area contributed by atoms with E-state index < -0.39 is 27.6 Å². The highest BCUT2D eigenvalue weighted by atomic mass is 79.9. The Kier molecular flexibility index (Phi) is 21.6. The van der Waals surface area contributed by atoms with Crippen LogP contribution in [0.25, 0.3) is 10.6 Å². The lowest BCUT2D eigenvalue weighted by atomic mass is 10.0. The molecule has 4 aromatic carbocycles. The lowest BCUT2D eigenvalue weighted by Gasteiger charge is -2.23. The average Bonchev–Trinajstić information content (AvgIpc) is 3.66. The maximum atomic E-state index is 12.0. The molecule has 1 heterocycles. The van der Waals surface area contributed by atoms with Crippen LogP contribution in [-0.4, -0.2) is 48.7 Å². The van der Waals surface area contributed by atoms with Gasteiger partial charge in [0.1, 0.15) is 15.6 Å². The van der Waals surface area contributed by atoms with E-state index in [2.05, 4.69) is 26.2 Å². The van der Waals surface area contributed by atoms with Gasteiger partial charge < -0.3 is 21.5 Å². The minimum Gasteiger partial charge on any atom is -0.444 e. The molecular weight excluding hydrogens is 900 g/mol. The van der Waals surface area contributed by atoms with Gasteiger partial charge in [0.2, 0.25) is 0 Å². The van der Waals surface area contributed by atoms with Crippen molar-refractivity contribution in [3.05, 3.63) is 157 Å². The van der Waals surface area contributed by atoms with Crippen LogP contribution in [0.15, 0.2) is 115 Å². The normalized spacial score (nSPS) is 11.2. The van der Waals surface area contributed by atoms with Crippen molar-refractivity contribution in [3.63, 3.8) is 0 Å². The van der Waals surface area contributed by atoms with Crippen LogP contribution in [0.2, 0.25) is 0 Å². The molecule has 5 aromatic rings. The molecule has 304 valence electrons. The van der Waals surface area contributed by atoms with Crippen LogP contribution in [-0.2, 0) is 22.4 Å². The molecule has 1 aromatic heterocycles. The fourth-order valence-electron chi connectivity index (χ4n) is 4.66. The fourth-order valence-corrected chi connectivity index (χ4v) is 6.08. The van der Waals surface area contributed by atoms with E-state index >= 15 is 0 Å². The molecule has 5 N–H and O–H groups in total. The van der Waals surface area contributed by atoms with Gasteiger partial charge >= 0.3 is 6.09 Å². The number of aromatic nitrogens is 1. The Morgan fingerprint density at radius 1 is 0.860 bits per heavy atom. The van der Waals surface area contributed by atoms with Gasteiger partial charge in [-0.3, -0.25) is 25.0 Å². The van der Waals surface area contributed by atoms with E-state index in [4.69, 9.17) is 28.4 Å². The Bertz CT molecular complexity index is 2030. The third-order valence-electron chi connectivity index (χ3n) is 7.38. The lowest BCUT2D eigenvalue weighted by molar-refractivity contribution is -0.385. The number of nitrogens with zero attached hydrogens (tertiary/aromatic N) is 3. The van der Waals surface area contributed by atoms with Gasteiger partial charge in [0, 0.05) is 40.8 Å². The lowest BCUT2D eigenvalue weighted by Crippen LogP contribution is -2.45. The van der Waals surface area contributed by atoms with Gasteiger partial charge in [-0.15, -0.1) is 28.3 Å². The number of rotatable bonds is 12. The Balaban J connectivity index is 0.000000456. The van der Waals surface area contributed by atoms with Crippen molar-refractivity contribution in [2.24, 2.45) is 11.5 Å². The van der Waals surface area contributed by atoms with E-state index in [1.807, 2.05) is 66.0 Å². The third kappa shape index (κ3) is 17.8. The van der Waals surface area contributed by atoms with E-state index in [-0.39, 0.29) is 59.4 Å². The molecule has 1 amide bonds. The Labute approximate surface area is 360 Å². The largest absolute Gasteiger partial charge is 0.444 e. The number of carbonyl (C=O) groups excluding carboxylic acids is 2. The summed E-state index contributed by atoms with van der Waals surface area (Å²) in [5.74, 6) is -0.214. The fraction of sp³-hybridized carbons (Fsp3) is 0.250. The molecule has 0 spiro atoms. The summed E-state index contributed by atoms with van der Waals surface area (Å²) < 4.78 is 5.14. The van der Waals surface area contributed by atoms with Crippen molar-refractivity contribution in [2.45, 2.75) is 58.7 Å². The number of hydrogen-bond donors (Lipinski definition) is 3. The molecule has 0 saturated carbocycles. The number of alkyl carbamates (subject to hydrolysis) is 1. The summed E-state index contributed by atoms with van der Waals surface area (Å²) in [5, 5.41) is 26.8. The maximum absolute atomic E-state index is 12.0. The molecule has 0 saturated heterocycles. The van der Waals surface area contributed by atoms with Crippen LogP contribution in [0.4, 0.5) is 16.2 Å². The van der Waals surface area contributed by atoms with Gasteiger partial charge in [0.15, 0.2) is 5.78 Å². The Morgan fingerprint density at radius 2 is 1.33 bits per heavy atom. The molecule has 57 heavy (non-hydrogen) atoms. The van der Waals surface area contributed by atoms with E-state index in [1.165, 1.54) is 24.3 Å². The number of hydrogen-bond acceptors (Lipinski definition) is 11.